The maximum Gasteiger partial charge on any atom is 0.132 e. The molecule has 0 amide bonds. The van der Waals surface area contributed by atoms with Crippen LogP contribution in [-0.2, 0) is 4.79 Å². The molecule has 0 rings (SSSR count). The molecule has 0 aromatic carbocycles. The van der Waals surface area contributed by atoms with Crippen molar-refractivity contribution >= 4 is 5.78 Å². The van der Waals surface area contributed by atoms with Crippen LogP contribution < -0.4 is 0 Å². The van der Waals surface area contributed by atoms with E-state index in [1.54, 1.807) is 13.1 Å². The van der Waals surface area contributed by atoms with Gasteiger partial charge in [-0.05, 0) is 32.4 Å². The normalized spacial score (nSPS) is 13.4. The molecule has 0 fully saturated rings. The Bertz CT molecular complexity index is 255. The summed E-state index contributed by atoms with van der Waals surface area (Å²) in [6.45, 7) is 9.57. The first-order valence-corrected chi connectivity index (χ1v) is 6.05. The molecule has 0 aliphatic rings. The van der Waals surface area contributed by atoms with Crippen molar-refractivity contribution in [1.82, 2.24) is 4.90 Å². The molecule has 0 saturated carbocycles. The molecule has 0 heterocycles. The fourth-order valence-electron chi connectivity index (χ4n) is 1.50. The van der Waals surface area contributed by atoms with Gasteiger partial charge in [-0.2, -0.15) is 0 Å². The van der Waals surface area contributed by atoms with Gasteiger partial charge in [0.25, 0.3) is 0 Å². The fourth-order valence-corrected chi connectivity index (χ4v) is 1.50. The van der Waals surface area contributed by atoms with E-state index in [0.29, 0.717) is 0 Å². The van der Waals surface area contributed by atoms with Gasteiger partial charge in [-0.1, -0.05) is 32.4 Å². The lowest BCUT2D eigenvalue weighted by atomic mass is 9.95. The van der Waals surface area contributed by atoms with Crippen LogP contribution in [0.1, 0.15) is 46.5 Å². The third kappa shape index (κ3) is 6.44. The van der Waals surface area contributed by atoms with Crippen molar-refractivity contribution in [1.29, 1.82) is 0 Å². The zero-order chi connectivity index (χ0) is 12.6. The topological polar surface area (TPSA) is 20.3 Å². The predicted molar refractivity (Wildman–Crippen MR) is 70.0 cm³/mol. The third-order valence-electron chi connectivity index (χ3n) is 2.79. The molecule has 0 radical (unpaired) electrons. The molecule has 1 unspecified atom stereocenters. The van der Waals surface area contributed by atoms with E-state index in [9.17, 15) is 4.79 Å². The van der Waals surface area contributed by atoms with Gasteiger partial charge in [0.15, 0.2) is 0 Å². The van der Waals surface area contributed by atoms with Crippen LogP contribution in [0.15, 0.2) is 24.6 Å². The molecular weight excluding hydrogens is 198 g/mol. The fraction of sp³-hybridized carbons (Fsp3) is 0.643. The first-order valence-electron chi connectivity index (χ1n) is 6.05. The van der Waals surface area contributed by atoms with Crippen LogP contribution in [0.3, 0.4) is 0 Å². The minimum absolute atomic E-state index is 0.126. The number of rotatable bonds is 8. The van der Waals surface area contributed by atoms with E-state index in [2.05, 4.69) is 19.7 Å². The zero-order valence-electron chi connectivity index (χ0n) is 11.1. The highest BCUT2D eigenvalue weighted by atomic mass is 16.1. The van der Waals surface area contributed by atoms with Gasteiger partial charge in [0, 0.05) is 19.2 Å². The van der Waals surface area contributed by atoms with E-state index >= 15 is 0 Å². The molecule has 16 heavy (non-hydrogen) atoms. The first kappa shape index (κ1) is 14.9. The van der Waals surface area contributed by atoms with Crippen LogP contribution in [0, 0.1) is 5.92 Å². The molecule has 0 aliphatic carbocycles. The summed E-state index contributed by atoms with van der Waals surface area (Å²) >= 11 is 0. The van der Waals surface area contributed by atoms with Crippen LogP contribution >= 0.6 is 0 Å². The van der Waals surface area contributed by atoms with E-state index < -0.39 is 0 Å². The van der Waals surface area contributed by atoms with Crippen molar-refractivity contribution in [2.24, 2.45) is 5.92 Å². The van der Waals surface area contributed by atoms with Crippen LogP contribution in [0.4, 0.5) is 0 Å². The van der Waals surface area contributed by atoms with Crippen molar-refractivity contribution in [2.75, 3.05) is 7.05 Å². The van der Waals surface area contributed by atoms with Gasteiger partial charge in [0.1, 0.15) is 5.78 Å². The highest BCUT2D eigenvalue weighted by Crippen LogP contribution is 2.18. The summed E-state index contributed by atoms with van der Waals surface area (Å²) < 4.78 is 0. The number of allylic oxidation sites excluding steroid dienone is 1. The zero-order valence-corrected chi connectivity index (χ0v) is 11.1. The molecule has 0 aliphatic heterocycles. The number of ketones is 1. The average Bonchev–Trinajstić information content (AvgIpc) is 2.25. The molecule has 0 aromatic rings. The molecule has 2 heteroatoms. The number of unbranched alkanes of at least 4 members (excludes halogenated alkanes) is 1. The summed E-state index contributed by atoms with van der Waals surface area (Å²) in [4.78, 5) is 13.2. The smallest absolute Gasteiger partial charge is 0.132 e. The lowest BCUT2D eigenvalue weighted by molar-refractivity contribution is -0.120. The minimum Gasteiger partial charge on any atom is -0.358 e. The lowest BCUT2D eigenvalue weighted by Gasteiger charge is -2.15. The molecule has 0 N–H and O–H groups in total. The van der Waals surface area contributed by atoms with Gasteiger partial charge in [0.05, 0.1) is 0 Å². The Kier molecular flexibility index (Phi) is 7.61. The first-order chi connectivity index (χ1) is 7.51. The number of hydrogen-bond donors (Lipinski definition) is 0. The Morgan fingerprint density at radius 2 is 2.12 bits per heavy atom. The second-order valence-corrected chi connectivity index (χ2v) is 4.45. The number of nitrogens with zero attached hydrogens (tertiary/aromatic N) is 1. The standard InChI is InChI=1S/C14H25NO/c1-6-8-9-14(11-15(5)7-2)10-12(3)13(4)16/h7,11-12H,2,6,8-10H2,1,3-5H3/b14-11+. The van der Waals surface area contributed by atoms with Crippen molar-refractivity contribution in [2.45, 2.75) is 46.5 Å². The van der Waals surface area contributed by atoms with Gasteiger partial charge < -0.3 is 4.90 Å². The largest absolute Gasteiger partial charge is 0.358 e. The monoisotopic (exact) mass is 223 g/mol. The van der Waals surface area contributed by atoms with Crippen LogP contribution in [0.25, 0.3) is 0 Å². The SMILES string of the molecule is C=CN(C)/C=C(\CCCC)CC(C)C(C)=O. The van der Waals surface area contributed by atoms with Gasteiger partial charge in [-0.25, -0.2) is 0 Å². The number of carbonyl (C=O) groups excluding carboxylic acids is 1. The van der Waals surface area contributed by atoms with Crippen LogP contribution in [0.5, 0.6) is 0 Å². The molecule has 0 aromatic heterocycles. The Labute approximate surface area is 100 Å². The van der Waals surface area contributed by atoms with E-state index in [1.807, 2.05) is 18.9 Å². The van der Waals surface area contributed by atoms with Crippen molar-refractivity contribution < 1.29 is 4.79 Å². The van der Waals surface area contributed by atoms with Crippen molar-refractivity contribution in [3.63, 3.8) is 0 Å². The number of Topliss-reactive ketones (excluding diaryl/α,β-unsaturated/α-hetero) is 1. The molecule has 0 saturated heterocycles. The van der Waals surface area contributed by atoms with Crippen molar-refractivity contribution in [3.8, 4) is 0 Å². The highest BCUT2D eigenvalue weighted by molar-refractivity contribution is 5.78. The van der Waals surface area contributed by atoms with Gasteiger partial charge in [0.2, 0.25) is 0 Å². The van der Waals surface area contributed by atoms with E-state index in [0.717, 1.165) is 12.8 Å². The van der Waals surface area contributed by atoms with Gasteiger partial charge in [-0.3, -0.25) is 4.79 Å². The molecule has 2 nitrogen and oxygen atoms in total. The Balaban J connectivity index is 4.47. The Hall–Kier alpha value is -1.05. The summed E-state index contributed by atoms with van der Waals surface area (Å²) in [5.74, 6) is 0.393. The quantitative estimate of drug-likeness (QED) is 0.624. The second-order valence-electron chi connectivity index (χ2n) is 4.45. The summed E-state index contributed by atoms with van der Waals surface area (Å²) in [6, 6.07) is 0. The maximum absolute atomic E-state index is 11.2. The summed E-state index contributed by atoms with van der Waals surface area (Å²) in [5, 5.41) is 0. The molecular formula is C14H25NO. The number of hydrogen-bond acceptors (Lipinski definition) is 2. The average molecular weight is 223 g/mol. The number of carbonyl (C=O) groups is 1. The van der Waals surface area contributed by atoms with Crippen LogP contribution in [-0.4, -0.2) is 17.7 Å². The van der Waals surface area contributed by atoms with Gasteiger partial charge >= 0.3 is 0 Å². The van der Waals surface area contributed by atoms with Crippen LogP contribution in [0.2, 0.25) is 0 Å². The summed E-state index contributed by atoms with van der Waals surface area (Å²) in [5.41, 5.74) is 1.34. The van der Waals surface area contributed by atoms with Crippen molar-refractivity contribution in [3.05, 3.63) is 24.6 Å². The van der Waals surface area contributed by atoms with E-state index in [1.165, 1.54) is 18.4 Å². The molecule has 1 atom stereocenters. The van der Waals surface area contributed by atoms with Gasteiger partial charge in [-0.15, -0.1) is 0 Å². The highest BCUT2D eigenvalue weighted by Gasteiger charge is 2.10. The molecule has 0 bridgehead atoms. The van der Waals surface area contributed by atoms with E-state index in [4.69, 9.17) is 0 Å². The Morgan fingerprint density at radius 1 is 1.50 bits per heavy atom. The Morgan fingerprint density at radius 3 is 2.56 bits per heavy atom. The summed E-state index contributed by atoms with van der Waals surface area (Å²) in [6.07, 6.45) is 8.19. The van der Waals surface area contributed by atoms with E-state index in [-0.39, 0.29) is 11.7 Å². The maximum atomic E-state index is 11.2. The minimum atomic E-state index is 0.126. The molecule has 92 valence electrons. The second kappa shape index (κ2) is 8.14. The predicted octanol–water partition coefficient (Wildman–Crippen LogP) is 3.75. The summed E-state index contributed by atoms with van der Waals surface area (Å²) in [7, 11) is 1.97. The third-order valence-corrected chi connectivity index (χ3v) is 2.79. The molecule has 0 spiro atoms. The lowest BCUT2D eigenvalue weighted by Crippen LogP contribution is -2.09.